The smallest absolute Gasteiger partial charge is 0.254 e. The van der Waals surface area contributed by atoms with E-state index in [9.17, 15) is 9.18 Å². The van der Waals surface area contributed by atoms with E-state index in [1.807, 2.05) is 4.90 Å². The van der Waals surface area contributed by atoms with Crippen molar-refractivity contribution in [3.05, 3.63) is 34.6 Å². The van der Waals surface area contributed by atoms with Crippen LogP contribution in [0.15, 0.2) is 18.2 Å². The second-order valence-corrected chi connectivity index (χ2v) is 5.49. The largest absolute Gasteiger partial charge is 0.335 e. The van der Waals surface area contributed by atoms with Gasteiger partial charge in [0.15, 0.2) is 0 Å². The molecule has 0 bridgehead atoms. The summed E-state index contributed by atoms with van der Waals surface area (Å²) in [7, 11) is 0. The average molecular weight is 351 g/mol. The van der Waals surface area contributed by atoms with E-state index in [0.29, 0.717) is 17.4 Å². The van der Waals surface area contributed by atoms with Crippen LogP contribution in [0.3, 0.4) is 0 Å². The summed E-state index contributed by atoms with van der Waals surface area (Å²) in [5.41, 5.74) is 0.430. The number of hydrogen-bond donors (Lipinski definition) is 0. The summed E-state index contributed by atoms with van der Waals surface area (Å²) in [5.74, 6) is -0.608. The molecule has 0 fully saturated rings. The molecule has 0 radical (unpaired) electrons. The molecule has 1 amide bonds. The van der Waals surface area contributed by atoms with Gasteiger partial charge in [-0.2, -0.15) is 0 Å². The second kappa shape index (κ2) is 7.85. The highest BCUT2D eigenvalue weighted by Gasteiger charge is 2.22. The van der Waals surface area contributed by atoms with E-state index >= 15 is 0 Å². The van der Waals surface area contributed by atoms with Crippen LogP contribution < -0.4 is 0 Å². The number of carbonyl (C=O) groups excluding carboxylic acids is 1. The Balaban J connectivity index is 3.01. The van der Waals surface area contributed by atoms with Crippen LogP contribution in [0, 0.1) is 5.82 Å². The third-order valence-corrected chi connectivity index (χ3v) is 3.78. The van der Waals surface area contributed by atoms with Crippen LogP contribution in [0.1, 0.15) is 37.0 Å². The van der Waals surface area contributed by atoms with Crippen molar-refractivity contribution in [3.8, 4) is 0 Å². The molecule has 0 N–H and O–H groups in total. The first kappa shape index (κ1) is 16.4. The molecule has 0 atom stereocenters. The van der Waals surface area contributed by atoms with Gasteiger partial charge in [-0.15, -0.1) is 0 Å². The highest BCUT2D eigenvalue weighted by Crippen LogP contribution is 2.19. The number of rotatable bonds is 6. The minimum Gasteiger partial charge on any atom is -0.335 e. The maximum absolute atomic E-state index is 13.1. The van der Waals surface area contributed by atoms with Gasteiger partial charge in [0.2, 0.25) is 0 Å². The van der Waals surface area contributed by atoms with Crippen LogP contribution in [0.5, 0.6) is 0 Å². The Bertz CT molecular complexity index is 437. The summed E-state index contributed by atoms with van der Waals surface area (Å²) in [6.07, 6.45) is 1.79. The number of carbonyl (C=O) groups is 1. The maximum atomic E-state index is 13.1. The quantitative estimate of drug-likeness (QED) is 0.692. The van der Waals surface area contributed by atoms with E-state index in [2.05, 4.69) is 29.8 Å². The van der Waals surface area contributed by atoms with Crippen molar-refractivity contribution in [1.82, 2.24) is 4.90 Å². The molecule has 1 rings (SSSR count). The molecule has 1 aromatic rings. The van der Waals surface area contributed by atoms with E-state index < -0.39 is 5.82 Å². The number of amides is 1. The fourth-order valence-electron chi connectivity index (χ4n) is 2.07. The zero-order valence-corrected chi connectivity index (χ0v) is 13.5. The lowest BCUT2D eigenvalue weighted by Gasteiger charge is -2.30. The number of nitrogens with zero attached hydrogens (tertiary/aromatic N) is 1. The normalized spacial score (nSPS) is 10.8. The van der Waals surface area contributed by atoms with Gasteiger partial charge >= 0.3 is 0 Å². The molecule has 0 aliphatic carbocycles. The molecule has 0 saturated carbocycles. The molecule has 0 unspecified atom stereocenters. The molecule has 0 spiro atoms. The first-order valence-electron chi connectivity index (χ1n) is 6.37. The first-order valence-corrected chi connectivity index (χ1v) is 7.87. The van der Waals surface area contributed by atoms with Crippen LogP contribution in [0.2, 0.25) is 5.02 Å². The standard InChI is InChI=1S/C14H18BrClFNO/c1-3-11(4-2)18(8-7-15)14(19)10-5-6-13(17)12(16)9-10/h5-6,9,11H,3-4,7-8H2,1-2H3. The number of hydrogen-bond acceptors (Lipinski definition) is 1. The molecular formula is C14H18BrClFNO. The van der Waals surface area contributed by atoms with Gasteiger partial charge in [0.25, 0.3) is 5.91 Å². The molecular weight excluding hydrogens is 333 g/mol. The lowest BCUT2D eigenvalue weighted by molar-refractivity contribution is 0.0683. The minimum atomic E-state index is -0.507. The van der Waals surface area contributed by atoms with E-state index in [1.54, 1.807) is 0 Å². The van der Waals surface area contributed by atoms with Crippen LogP contribution >= 0.6 is 27.5 Å². The van der Waals surface area contributed by atoms with Gasteiger partial charge in [0.1, 0.15) is 5.82 Å². The highest BCUT2D eigenvalue weighted by atomic mass is 79.9. The first-order chi connectivity index (χ1) is 9.04. The van der Waals surface area contributed by atoms with Crippen molar-refractivity contribution < 1.29 is 9.18 Å². The van der Waals surface area contributed by atoms with Crippen molar-refractivity contribution in [2.45, 2.75) is 32.7 Å². The number of benzene rings is 1. The van der Waals surface area contributed by atoms with Gasteiger partial charge in [-0.1, -0.05) is 41.4 Å². The summed E-state index contributed by atoms with van der Waals surface area (Å²) in [4.78, 5) is 14.3. The van der Waals surface area contributed by atoms with Crippen molar-refractivity contribution in [2.24, 2.45) is 0 Å². The zero-order chi connectivity index (χ0) is 14.4. The zero-order valence-electron chi connectivity index (χ0n) is 11.1. The molecule has 106 valence electrons. The minimum absolute atomic E-state index is 0.0193. The lowest BCUT2D eigenvalue weighted by atomic mass is 10.1. The van der Waals surface area contributed by atoms with E-state index in [4.69, 9.17) is 11.6 Å². The number of halogens is 3. The topological polar surface area (TPSA) is 20.3 Å². The van der Waals surface area contributed by atoms with Gasteiger partial charge in [0, 0.05) is 23.5 Å². The summed E-state index contributed by atoms with van der Waals surface area (Å²) >= 11 is 9.10. The Morgan fingerprint density at radius 3 is 2.53 bits per heavy atom. The van der Waals surface area contributed by atoms with E-state index in [1.165, 1.54) is 18.2 Å². The molecule has 0 aromatic heterocycles. The average Bonchev–Trinajstić information content (AvgIpc) is 2.41. The third kappa shape index (κ3) is 4.18. The van der Waals surface area contributed by atoms with Crippen molar-refractivity contribution in [2.75, 3.05) is 11.9 Å². The van der Waals surface area contributed by atoms with Gasteiger partial charge in [0.05, 0.1) is 5.02 Å². The predicted molar refractivity (Wildman–Crippen MR) is 80.6 cm³/mol. The third-order valence-electron chi connectivity index (χ3n) is 3.14. The molecule has 5 heteroatoms. The van der Waals surface area contributed by atoms with Crippen molar-refractivity contribution in [3.63, 3.8) is 0 Å². The monoisotopic (exact) mass is 349 g/mol. The van der Waals surface area contributed by atoms with Crippen LogP contribution in [0.25, 0.3) is 0 Å². The summed E-state index contributed by atoms with van der Waals surface area (Å²) < 4.78 is 13.1. The fourth-order valence-corrected chi connectivity index (χ4v) is 2.63. The SMILES string of the molecule is CCC(CC)N(CCBr)C(=O)c1ccc(F)c(Cl)c1. The summed E-state index contributed by atoms with van der Waals surface area (Å²) in [6.45, 7) is 4.74. The van der Waals surface area contributed by atoms with Gasteiger partial charge in [-0.25, -0.2) is 4.39 Å². The van der Waals surface area contributed by atoms with Crippen molar-refractivity contribution in [1.29, 1.82) is 0 Å². The predicted octanol–water partition coefficient (Wildman–Crippen LogP) is 4.50. The molecule has 0 saturated heterocycles. The Kier molecular flexibility index (Phi) is 6.80. The maximum Gasteiger partial charge on any atom is 0.254 e. The summed E-state index contributed by atoms with van der Waals surface area (Å²) in [6, 6.07) is 4.29. The Hall–Kier alpha value is -0.610. The molecule has 1 aromatic carbocycles. The Labute approximate surface area is 127 Å². The molecule has 19 heavy (non-hydrogen) atoms. The molecule has 0 aliphatic rings. The molecule has 0 heterocycles. The van der Waals surface area contributed by atoms with Crippen LogP contribution in [-0.4, -0.2) is 28.7 Å². The summed E-state index contributed by atoms with van der Waals surface area (Å²) in [5, 5.41) is 0.693. The van der Waals surface area contributed by atoms with Gasteiger partial charge in [-0.05, 0) is 31.0 Å². The van der Waals surface area contributed by atoms with Crippen LogP contribution in [0.4, 0.5) is 4.39 Å². The van der Waals surface area contributed by atoms with E-state index in [0.717, 1.165) is 12.8 Å². The lowest BCUT2D eigenvalue weighted by Crippen LogP contribution is -2.41. The highest BCUT2D eigenvalue weighted by molar-refractivity contribution is 9.09. The Morgan fingerprint density at radius 2 is 2.05 bits per heavy atom. The molecule has 2 nitrogen and oxygen atoms in total. The second-order valence-electron chi connectivity index (χ2n) is 4.29. The van der Waals surface area contributed by atoms with Gasteiger partial charge in [-0.3, -0.25) is 4.79 Å². The Morgan fingerprint density at radius 1 is 1.42 bits per heavy atom. The molecule has 0 aliphatic heterocycles. The van der Waals surface area contributed by atoms with E-state index in [-0.39, 0.29) is 17.0 Å². The van der Waals surface area contributed by atoms with Crippen molar-refractivity contribution >= 4 is 33.4 Å². The van der Waals surface area contributed by atoms with Crippen LogP contribution in [-0.2, 0) is 0 Å². The van der Waals surface area contributed by atoms with Gasteiger partial charge < -0.3 is 4.90 Å². The fraction of sp³-hybridized carbons (Fsp3) is 0.500. The number of alkyl halides is 1.